The Kier molecular flexibility index (Phi) is 6.47. The number of halogens is 1. The molecule has 1 N–H and O–H groups in total. The Labute approximate surface area is 193 Å². The maximum atomic E-state index is 12.6. The number of aryl methyl sites for hydroxylation is 3. The van der Waals surface area contributed by atoms with Crippen LogP contribution in [-0.2, 0) is 13.1 Å². The molecule has 0 saturated heterocycles. The summed E-state index contributed by atoms with van der Waals surface area (Å²) in [5.41, 5.74) is 5.65. The second-order valence-electron chi connectivity index (χ2n) is 7.94. The molecule has 0 radical (unpaired) electrons. The van der Waals surface area contributed by atoms with Gasteiger partial charge >= 0.3 is 0 Å². The van der Waals surface area contributed by atoms with Crippen molar-refractivity contribution in [3.05, 3.63) is 93.8 Å². The van der Waals surface area contributed by atoms with Crippen molar-refractivity contribution in [1.29, 1.82) is 0 Å². The first-order chi connectivity index (χ1) is 15.4. The molecule has 4 rings (SSSR count). The van der Waals surface area contributed by atoms with E-state index in [1.54, 1.807) is 0 Å². The first-order valence-electron chi connectivity index (χ1n) is 10.6. The maximum absolute atomic E-state index is 12.6. The molecule has 4 aromatic rings. The average Bonchev–Trinajstić information content (AvgIpc) is 3.14. The van der Waals surface area contributed by atoms with E-state index in [4.69, 9.17) is 21.3 Å². The lowest BCUT2D eigenvalue weighted by Gasteiger charge is -2.13. The summed E-state index contributed by atoms with van der Waals surface area (Å²) in [5.74, 6) is 1.47. The van der Waals surface area contributed by atoms with Gasteiger partial charge in [0.2, 0.25) is 0 Å². The molecule has 3 aromatic carbocycles. The highest BCUT2D eigenvalue weighted by atomic mass is 35.5. The Morgan fingerprint density at radius 1 is 1.03 bits per heavy atom. The van der Waals surface area contributed by atoms with Crippen LogP contribution in [0.3, 0.4) is 0 Å². The third kappa shape index (κ3) is 4.78. The molecule has 6 heteroatoms. The summed E-state index contributed by atoms with van der Waals surface area (Å²) < 4.78 is 8.11. The highest BCUT2D eigenvalue weighted by Gasteiger charge is 2.13. The molecule has 0 aliphatic carbocycles. The van der Waals surface area contributed by atoms with E-state index >= 15 is 0 Å². The van der Waals surface area contributed by atoms with Gasteiger partial charge in [0.25, 0.3) is 5.91 Å². The summed E-state index contributed by atoms with van der Waals surface area (Å²) in [4.78, 5) is 17.3. The number of aromatic nitrogens is 2. The molecule has 1 aromatic heterocycles. The van der Waals surface area contributed by atoms with Gasteiger partial charge in [0, 0.05) is 10.6 Å². The number of carbonyl (C=O) groups is 1. The fourth-order valence-corrected chi connectivity index (χ4v) is 3.83. The number of benzene rings is 3. The summed E-state index contributed by atoms with van der Waals surface area (Å²) in [7, 11) is 0. The number of rotatable bonds is 7. The summed E-state index contributed by atoms with van der Waals surface area (Å²) >= 11 is 6.26. The summed E-state index contributed by atoms with van der Waals surface area (Å²) in [6.45, 7) is 7.36. The predicted molar refractivity (Wildman–Crippen MR) is 129 cm³/mol. The van der Waals surface area contributed by atoms with Crippen molar-refractivity contribution >= 4 is 28.5 Å². The smallest absolute Gasteiger partial charge is 0.251 e. The molecule has 0 saturated carbocycles. The second kappa shape index (κ2) is 9.45. The average molecular weight is 448 g/mol. The zero-order chi connectivity index (χ0) is 22.7. The molecule has 0 aliphatic rings. The van der Waals surface area contributed by atoms with Crippen LogP contribution in [-0.4, -0.2) is 22.1 Å². The molecule has 1 heterocycles. The van der Waals surface area contributed by atoms with Crippen molar-refractivity contribution in [2.75, 3.05) is 6.61 Å². The van der Waals surface area contributed by atoms with Crippen molar-refractivity contribution in [2.45, 2.75) is 33.9 Å². The van der Waals surface area contributed by atoms with E-state index in [2.05, 4.69) is 9.88 Å². The number of hydrogen-bond acceptors (Lipinski definition) is 3. The van der Waals surface area contributed by atoms with Crippen LogP contribution in [0.4, 0.5) is 0 Å². The van der Waals surface area contributed by atoms with Crippen LogP contribution in [0.1, 0.15) is 32.9 Å². The minimum Gasteiger partial charge on any atom is -0.492 e. The van der Waals surface area contributed by atoms with Crippen molar-refractivity contribution in [3.8, 4) is 5.75 Å². The number of carbonyl (C=O) groups excluding carboxylic acids is 1. The van der Waals surface area contributed by atoms with Gasteiger partial charge in [0.1, 0.15) is 18.2 Å². The molecule has 164 valence electrons. The largest absolute Gasteiger partial charge is 0.492 e. The molecule has 0 fully saturated rings. The number of imidazole rings is 1. The lowest BCUT2D eigenvalue weighted by molar-refractivity contribution is 0.0949. The Bertz CT molecular complexity index is 1240. The molecule has 0 atom stereocenters. The van der Waals surface area contributed by atoms with Crippen LogP contribution in [0.5, 0.6) is 5.75 Å². The van der Waals surface area contributed by atoms with Gasteiger partial charge in [-0.3, -0.25) is 4.79 Å². The van der Waals surface area contributed by atoms with E-state index in [9.17, 15) is 4.79 Å². The van der Waals surface area contributed by atoms with Crippen LogP contribution in [0.15, 0.2) is 60.7 Å². The van der Waals surface area contributed by atoms with Gasteiger partial charge in [0.15, 0.2) is 0 Å². The van der Waals surface area contributed by atoms with Gasteiger partial charge in [-0.1, -0.05) is 41.4 Å². The monoisotopic (exact) mass is 447 g/mol. The first kappa shape index (κ1) is 21.9. The Morgan fingerprint density at radius 2 is 1.72 bits per heavy atom. The van der Waals surface area contributed by atoms with Crippen molar-refractivity contribution in [3.63, 3.8) is 0 Å². The van der Waals surface area contributed by atoms with Gasteiger partial charge in [-0.15, -0.1) is 0 Å². The Morgan fingerprint density at radius 3 is 2.44 bits per heavy atom. The van der Waals surface area contributed by atoms with Crippen molar-refractivity contribution in [2.24, 2.45) is 0 Å². The fourth-order valence-electron chi connectivity index (χ4n) is 3.72. The predicted octanol–water partition coefficient (Wildman–Crippen LogP) is 5.62. The third-order valence-corrected chi connectivity index (χ3v) is 6.04. The van der Waals surface area contributed by atoms with E-state index in [1.807, 2.05) is 81.4 Å². The van der Waals surface area contributed by atoms with Crippen LogP contribution in [0.25, 0.3) is 11.0 Å². The molecule has 32 heavy (non-hydrogen) atoms. The van der Waals surface area contributed by atoms with Gasteiger partial charge in [-0.25, -0.2) is 4.98 Å². The molecule has 1 amide bonds. The highest BCUT2D eigenvalue weighted by molar-refractivity contribution is 6.32. The minimum absolute atomic E-state index is 0.119. The Hall–Kier alpha value is -3.31. The van der Waals surface area contributed by atoms with E-state index < -0.39 is 0 Å². The molecule has 5 nitrogen and oxygen atoms in total. The number of nitrogens with one attached hydrogen (secondary N) is 1. The number of nitrogens with zero attached hydrogens (tertiary/aromatic N) is 2. The minimum atomic E-state index is -0.119. The van der Waals surface area contributed by atoms with Crippen LogP contribution in [0, 0.1) is 20.8 Å². The molecule has 0 spiro atoms. The molecule has 0 aliphatic heterocycles. The first-order valence-corrected chi connectivity index (χ1v) is 11.0. The van der Waals surface area contributed by atoms with E-state index in [1.165, 1.54) is 0 Å². The topological polar surface area (TPSA) is 56.2 Å². The molecule has 0 unspecified atom stereocenters. The normalized spacial score (nSPS) is 11.0. The Balaban J connectivity index is 1.49. The zero-order valence-electron chi connectivity index (χ0n) is 18.5. The molecule has 0 bridgehead atoms. The van der Waals surface area contributed by atoms with Crippen LogP contribution in [0.2, 0.25) is 5.02 Å². The lowest BCUT2D eigenvalue weighted by Crippen LogP contribution is -2.25. The fraction of sp³-hybridized carbons (Fsp3) is 0.231. The third-order valence-electron chi connectivity index (χ3n) is 5.45. The number of ether oxygens (including phenoxy) is 1. The van der Waals surface area contributed by atoms with Crippen molar-refractivity contribution in [1.82, 2.24) is 14.9 Å². The van der Waals surface area contributed by atoms with E-state index in [-0.39, 0.29) is 5.91 Å². The number of hydrogen-bond donors (Lipinski definition) is 1. The summed E-state index contributed by atoms with van der Waals surface area (Å²) in [6, 6.07) is 19.4. The number of fused-ring (bicyclic) bond motifs is 1. The summed E-state index contributed by atoms with van der Waals surface area (Å²) in [6.07, 6.45) is 0. The van der Waals surface area contributed by atoms with Gasteiger partial charge in [0.05, 0.1) is 24.1 Å². The SMILES string of the molecule is Cc1ccc(C(=O)NCc2nc3ccccc3n2CCOc2cc(C)c(Cl)c(C)c2)cc1. The van der Waals surface area contributed by atoms with Gasteiger partial charge in [-0.2, -0.15) is 0 Å². The summed E-state index contributed by atoms with van der Waals surface area (Å²) in [5, 5.41) is 3.76. The van der Waals surface area contributed by atoms with E-state index in [0.29, 0.717) is 25.3 Å². The quantitative estimate of drug-likeness (QED) is 0.399. The maximum Gasteiger partial charge on any atom is 0.251 e. The second-order valence-corrected chi connectivity index (χ2v) is 8.31. The number of amides is 1. The lowest BCUT2D eigenvalue weighted by atomic mass is 10.1. The zero-order valence-corrected chi connectivity index (χ0v) is 19.2. The van der Waals surface area contributed by atoms with E-state index in [0.717, 1.165) is 44.3 Å². The highest BCUT2D eigenvalue weighted by Crippen LogP contribution is 2.26. The van der Waals surface area contributed by atoms with Gasteiger partial charge < -0.3 is 14.6 Å². The van der Waals surface area contributed by atoms with Crippen LogP contribution >= 0.6 is 11.6 Å². The van der Waals surface area contributed by atoms with Crippen molar-refractivity contribution < 1.29 is 9.53 Å². The van der Waals surface area contributed by atoms with Gasteiger partial charge in [-0.05, 0) is 68.3 Å². The standard InChI is InChI=1S/C26H26ClN3O2/c1-17-8-10-20(11-9-17)26(31)28-16-24-29-22-6-4-5-7-23(22)30(24)12-13-32-21-14-18(2)25(27)19(3)15-21/h4-11,14-15H,12-13,16H2,1-3H3,(H,28,31). The number of para-hydroxylation sites is 2. The molecular weight excluding hydrogens is 422 g/mol. The van der Waals surface area contributed by atoms with Crippen LogP contribution < -0.4 is 10.1 Å². The molecular formula is C26H26ClN3O2.